The van der Waals surface area contributed by atoms with E-state index in [-0.39, 0.29) is 37.1 Å². The number of carboxylic acids is 1. The summed E-state index contributed by atoms with van der Waals surface area (Å²) >= 11 is 0. The smallest absolute Gasteiger partial charge is 0.303 e. The van der Waals surface area contributed by atoms with Crippen molar-refractivity contribution in [3.63, 3.8) is 0 Å². The standard InChI is InChI=1S/C35H31FN2O4/c1-24(21-33(39)37-30-16-15-29(36)23-32(30)42-20-8-13-34(40)41)27-14-17-31-28(22-27)18-19-38(31)35(25-9-4-2-5-10-25)26-11-6-3-7-12-26/h2-7,9-12,14-19,21-23,35H,8,13,20H2,1H3,(H,37,39)(H,40,41)/b24-21+. The van der Waals surface area contributed by atoms with Crippen LogP contribution in [-0.2, 0) is 9.59 Å². The third-order valence-corrected chi connectivity index (χ3v) is 7.03. The molecule has 6 nitrogen and oxygen atoms in total. The number of amides is 1. The number of aromatic nitrogens is 1. The van der Waals surface area contributed by atoms with Crippen molar-refractivity contribution in [1.82, 2.24) is 4.57 Å². The number of hydrogen-bond donors (Lipinski definition) is 2. The molecule has 0 spiro atoms. The second-order valence-electron chi connectivity index (χ2n) is 10.0. The van der Waals surface area contributed by atoms with Gasteiger partial charge in [-0.3, -0.25) is 9.59 Å². The molecule has 0 aliphatic carbocycles. The van der Waals surface area contributed by atoms with E-state index in [1.54, 1.807) is 0 Å². The average Bonchev–Trinajstić information content (AvgIpc) is 3.40. The Morgan fingerprint density at radius 1 is 0.929 bits per heavy atom. The monoisotopic (exact) mass is 562 g/mol. The van der Waals surface area contributed by atoms with Gasteiger partial charge in [0.25, 0.3) is 0 Å². The minimum absolute atomic E-state index is 0.00872. The van der Waals surface area contributed by atoms with Crippen molar-refractivity contribution < 1.29 is 23.8 Å². The van der Waals surface area contributed by atoms with Crippen molar-refractivity contribution in [3.8, 4) is 5.75 Å². The summed E-state index contributed by atoms with van der Waals surface area (Å²) in [4.78, 5) is 23.6. The van der Waals surface area contributed by atoms with E-state index in [9.17, 15) is 14.0 Å². The molecule has 0 bridgehead atoms. The van der Waals surface area contributed by atoms with E-state index in [0.717, 1.165) is 22.0 Å². The van der Waals surface area contributed by atoms with E-state index < -0.39 is 11.8 Å². The number of nitrogens with one attached hydrogen (secondary N) is 1. The first-order valence-corrected chi connectivity index (χ1v) is 13.7. The van der Waals surface area contributed by atoms with Gasteiger partial charge in [0.15, 0.2) is 0 Å². The Bertz CT molecular complexity index is 1690. The molecule has 0 aliphatic rings. The van der Waals surface area contributed by atoms with Gasteiger partial charge in [-0.2, -0.15) is 0 Å². The van der Waals surface area contributed by atoms with E-state index in [1.807, 2.05) is 25.1 Å². The third kappa shape index (κ3) is 6.75. The predicted molar refractivity (Wildman–Crippen MR) is 163 cm³/mol. The van der Waals surface area contributed by atoms with Crippen molar-refractivity contribution in [3.05, 3.63) is 138 Å². The Kier molecular flexibility index (Phi) is 8.78. The van der Waals surface area contributed by atoms with Crippen LogP contribution in [-0.4, -0.2) is 28.2 Å². The van der Waals surface area contributed by atoms with Crippen molar-refractivity contribution in [2.24, 2.45) is 0 Å². The first-order chi connectivity index (χ1) is 20.4. The number of carboxylic acid groups (broad SMARTS) is 1. The second kappa shape index (κ2) is 13.0. The summed E-state index contributed by atoms with van der Waals surface area (Å²) in [6.45, 7) is 1.95. The molecular formula is C35H31FN2O4. The van der Waals surface area contributed by atoms with E-state index in [0.29, 0.717) is 5.69 Å². The Morgan fingerprint density at radius 2 is 1.62 bits per heavy atom. The van der Waals surface area contributed by atoms with Gasteiger partial charge in [0.05, 0.1) is 18.3 Å². The second-order valence-corrected chi connectivity index (χ2v) is 10.0. The maximum Gasteiger partial charge on any atom is 0.303 e. The molecule has 4 aromatic carbocycles. The molecule has 0 radical (unpaired) electrons. The van der Waals surface area contributed by atoms with Gasteiger partial charge < -0.3 is 19.7 Å². The van der Waals surface area contributed by atoms with Crippen LogP contribution in [0.15, 0.2) is 115 Å². The topological polar surface area (TPSA) is 80.6 Å². The number of allylic oxidation sites excluding steroid dienone is 1. The Morgan fingerprint density at radius 3 is 2.29 bits per heavy atom. The van der Waals surface area contributed by atoms with E-state index >= 15 is 0 Å². The number of rotatable bonds is 11. The molecule has 5 aromatic rings. The van der Waals surface area contributed by atoms with Crippen LogP contribution in [0.3, 0.4) is 0 Å². The average molecular weight is 563 g/mol. The van der Waals surface area contributed by atoms with Gasteiger partial charge in [0.1, 0.15) is 11.6 Å². The highest BCUT2D eigenvalue weighted by molar-refractivity contribution is 6.05. The molecule has 0 unspecified atom stereocenters. The van der Waals surface area contributed by atoms with Crippen molar-refractivity contribution >= 4 is 34.0 Å². The van der Waals surface area contributed by atoms with Gasteiger partial charge in [-0.15, -0.1) is 0 Å². The lowest BCUT2D eigenvalue weighted by molar-refractivity contribution is -0.137. The van der Waals surface area contributed by atoms with Gasteiger partial charge in [-0.25, -0.2) is 4.39 Å². The fraction of sp³-hybridized carbons (Fsp3) is 0.143. The normalized spacial score (nSPS) is 11.5. The summed E-state index contributed by atoms with van der Waals surface area (Å²) in [5, 5.41) is 12.6. The minimum Gasteiger partial charge on any atom is -0.491 e. The largest absolute Gasteiger partial charge is 0.491 e. The Balaban J connectivity index is 1.36. The SMILES string of the molecule is C/C(=C\C(=O)Nc1ccc(F)cc1OCCCC(=O)O)c1ccc2c(ccn2C(c2ccccc2)c2ccccc2)c1. The molecule has 0 aliphatic heterocycles. The number of ether oxygens (including phenoxy) is 1. The van der Waals surface area contributed by atoms with Gasteiger partial charge in [0, 0.05) is 35.7 Å². The molecule has 1 heterocycles. The zero-order valence-electron chi connectivity index (χ0n) is 23.2. The maximum atomic E-state index is 13.8. The lowest BCUT2D eigenvalue weighted by Gasteiger charge is -2.21. The van der Waals surface area contributed by atoms with Crippen LogP contribution in [0.1, 0.15) is 42.5 Å². The molecular weight excluding hydrogens is 531 g/mol. The number of hydrogen-bond acceptors (Lipinski definition) is 3. The van der Waals surface area contributed by atoms with Crippen LogP contribution in [0, 0.1) is 5.82 Å². The van der Waals surface area contributed by atoms with Gasteiger partial charge in [0.2, 0.25) is 5.91 Å². The molecule has 0 fully saturated rings. The molecule has 0 saturated carbocycles. The van der Waals surface area contributed by atoms with E-state index in [2.05, 4.69) is 82.8 Å². The van der Waals surface area contributed by atoms with E-state index in [1.165, 1.54) is 35.4 Å². The quantitative estimate of drug-likeness (QED) is 0.128. The molecule has 1 aromatic heterocycles. The Labute approximate surface area is 243 Å². The zero-order chi connectivity index (χ0) is 29.5. The molecule has 212 valence electrons. The van der Waals surface area contributed by atoms with Crippen LogP contribution in [0.4, 0.5) is 10.1 Å². The fourth-order valence-corrected chi connectivity index (χ4v) is 4.99. The summed E-state index contributed by atoms with van der Waals surface area (Å²) < 4.78 is 21.6. The van der Waals surface area contributed by atoms with Crippen LogP contribution < -0.4 is 10.1 Å². The molecule has 42 heavy (non-hydrogen) atoms. The van der Waals surface area contributed by atoms with Crippen LogP contribution in [0.2, 0.25) is 0 Å². The third-order valence-electron chi connectivity index (χ3n) is 7.03. The van der Waals surface area contributed by atoms with Crippen molar-refractivity contribution in [2.75, 3.05) is 11.9 Å². The van der Waals surface area contributed by atoms with Crippen molar-refractivity contribution in [1.29, 1.82) is 0 Å². The summed E-state index contributed by atoms with van der Waals surface area (Å²) in [6, 6.07) is 32.8. The Hall–Kier alpha value is -5.17. The highest BCUT2D eigenvalue weighted by Crippen LogP contribution is 2.32. The van der Waals surface area contributed by atoms with Crippen molar-refractivity contribution in [2.45, 2.75) is 25.8 Å². The number of aliphatic carboxylic acids is 1. The fourth-order valence-electron chi connectivity index (χ4n) is 4.99. The lowest BCUT2D eigenvalue weighted by atomic mass is 9.98. The number of halogens is 1. The predicted octanol–water partition coefficient (Wildman–Crippen LogP) is 7.70. The van der Waals surface area contributed by atoms with Gasteiger partial charge in [-0.1, -0.05) is 66.7 Å². The maximum absolute atomic E-state index is 13.8. The molecule has 0 saturated heterocycles. The molecule has 7 heteroatoms. The number of carbonyl (C=O) groups excluding carboxylic acids is 1. The molecule has 0 atom stereocenters. The first kappa shape index (κ1) is 28.4. The number of carbonyl (C=O) groups is 2. The summed E-state index contributed by atoms with van der Waals surface area (Å²) in [7, 11) is 0. The van der Waals surface area contributed by atoms with Crippen LogP contribution >= 0.6 is 0 Å². The summed E-state index contributed by atoms with van der Waals surface area (Å²) in [6.07, 6.45) is 3.79. The van der Waals surface area contributed by atoms with E-state index in [4.69, 9.17) is 9.84 Å². The van der Waals surface area contributed by atoms with Crippen LogP contribution in [0.25, 0.3) is 16.5 Å². The minimum atomic E-state index is -0.936. The molecule has 5 rings (SSSR count). The number of anilines is 1. The number of fused-ring (bicyclic) bond motifs is 1. The summed E-state index contributed by atoms with van der Waals surface area (Å²) in [5.74, 6) is -1.70. The van der Waals surface area contributed by atoms with Crippen LogP contribution in [0.5, 0.6) is 5.75 Å². The summed E-state index contributed by atoms with van der Waals surface area (Å²) in [5.41, 5.74) is 5.41. The molecule has 2 N–H and O–H groups in total. The number of nitrogens with zero attached hydrogens (tertiary/aromatic N) is 1. The zero-order valence-corrected chi connectivity index (χ0v) is 23.2. The first-order valence-electron chi connectivity index (χ1n) is 13.7. The highest BCUT2D eigenvalue weighted by Gasteiger charge is 2.18. The molecule has 1 amide bonds. The number of benzene rings is 4. The lowest BCUT2D eigenvalue weighted by Crippen LogP contribution is -2.11. The van der Waals surface area contributed by atoms with Gasteiger partial charge in [-0.05, 0) is 65.9 Å². The van der Waals surface area contributed by atoms with Gasteiger partial charge >= 0.3 is 5.97 Å². The highest BCUT2D eigenvalue weighted by atomic mass is 19.1.